The summed E-state index contributed by atoms with van der Waals surface area (Å²) < 4.78 is 27.3. The summed E-state index contributed by atoms with van der Waals surface area (Å²) in [5.74, 6) is -3.39. The van der Waals surface area contributed by atoms with Crippen LogP contribution in [0.25, 0.3) is 11.6 Å². The molecule has 4 rings (SSSR count). The highest BCUT2D eigenvalue weighted by atomic mass is 32.2. The van der Waals surface area contributed by atoms with Crippen molar-refractivity contribution >= 4 is 33.2 Å². The number of nitrogens with zero attached hydrogens (tertiary/aromatic N) is 2. The van der Waals surface area contributed by atoms with Gasteiger partial charge >= 0.3 is 5.71 Å². The summed E-state index contributed by atoms with van der Waals surface area (Å²) in [6, 6.07) is 10.9. The van der Waals surface area contributed by atoms with E-state index in [-0.39, 0.29) is 28.2 Å². The second-order valence-electron chi connectivity index (χ2n) is 7.05. The maximum absolute atomic E-state index is 13.7. The number of fused-ring (bicyclic) bond motifs is 1. The fourth-order valence-corrected chi connectivity index (χ4v) is 5.25. The Morgan fingerprint density at radius 1 is 0.909 bits per heavy atom. The first-order valence-corrected chi connectivity index (χ1v) is 10.9. The Kier molecular flexibility index (Phi) is 5.17. The molecule has 3 N–H and O–H groups in total. The van der Waals surface area contributed by atoms with Gasteiger partial charge in [0.15, 0.2) is 17.3 Å². The third kappa shape index (κ3) is 3.49. The summed E-state index contributed by atoms with van der Waals surface area (Å²) in [6.07, 6.45) is 2.40. The Labute approximate surface area is 187 Å². The summed E-state index contributed by atoms with van der Waals surface area (Å²) in [6.45, 7) is 0. The number of benzene rings is 3. The zero-order valence-corrected chi connectivity index (χ0v) is 17.4. The maximum atomic E-state index is 13.7. The Morgan fingerprint density at radius 3 is 2.27 bits per heavy atom. The van der Waals surface area contributed by atoms with Gasteiger partial charge in [0.2, 0.25) is 9.84 Å². The number of ketones is 2. The van der Waals surface area contributed by atoms with Crippen molar-refractivity contribution in [2.24, 2.45) is 0 Å². The number of carbonyl (C=O) groups excluding carboxylic acids is 2. The molecule has 10 heteroatoms. The number of aromatic hydroxyl groups is 3. The van der Waals surface area contributed by atoms with Crippen molar-refractivity contribution in [3.8, 4) is 17.2 Å². The molecule has 0 amide bonds. The summed E-state index contributed by atoms with van der Waals surface area (Å²) in [5, 5.41) is 29.9. The van der Waals surface area contributed by atoms with Gasteiger partial charge in [0.1, 0.15) is 10.6 Å². The normalized spacial score (nSPS) is 12.8. The van der Waals surface area contributed by atoms with Crippen molar-refractivity contribution in [2.75, 3.05) is 0 Å². The lowest BCUT2D eigenvalue weighted by Gasteiger charge is -2.16. The molecule has 0 fully saturated rings. The Bertz CT molecular complexity index is 1530. The van der Waals surface area contributed by atoms with Gasteiger partial charge in [-0.1, -0.05) is 12.1 Å². The summed E-state index contributed by atoms with van der Waals surface area (Å²) >= 11 is 0. The molecule has 0 aromatic heterocycles. The lowest BCUT2D eigenvalue weighted by Crippen LogP contribution is -2.20. The van der Waals surface area contributed by atoms with Crippen molar-refractivity contribution in [3.63, 3.8) is 0 Å². The van der Waals surface area contributed by atoms with Crippen LogP contribution in [0.4, 0.5) is 0 Å². The monoisotopic (exact) mass is 462 g/mol. The van der Waals surface area contributed by atoms with Crippen LogP contribution < -0.4 is 0 Å². The van der Waals surface area contributed by atoms with Crippen LogP contribution in [0.3, 0.4) is 0 Å². The smallest absolute Gasteiger partial charge is 0.362 e. The van der Waals surface area contributed by atoms with Gasteiger partial charge in [-0.15, -0.1) is 0 Å². The van der Waals surface area contributed by atoms with Crippen LogP contribution in [0.5, 0.6) is 17.2 Å². The average Bonchev–Trinajstić information content (AvgIpc) is 2.80. The number of allylic oxidation sites excluding steroid dienone is 1. The second kappa shape index (κ2) is 7.86. The van der Waals surface area contributed by atoms with Crippen molar-refractivity contribution in [1.82, 2.24) is 0 Å². The molecular formula is C23H14N2O7S. The predicted molar refractivity (Wildman–Crippen MR) is 115 cm³/mol. The molecule has 0 heterocycles. The van der Waals surface area contributed by atoms with Crippen LogP contribution in [0.15, 0.2) is 70.5 Å². The number of Topliss-reactive ketones (excluding diaryl/α,β-unsaturated/α-hetero) is 1. The number of sulfone groups is 1. The van der Waals surface area contributed by atoms with E-state index < -0.39 is 48.3 Å². The molecule has 0 unspecified atom stereocenters. The first-order valence-electron chi connectivity index (χ1n) is 9.38. The second-order valence-corrected chi connectivity index (χ2v) is 8.91. The number of carbonyl (C=O) groups is 2. The molecule has 1 aliphatic carbocycles. The van der Waals surface area contributed by atoms with Gasteiger partial charge < -0.3 is 20.9 Å². The molecule has 164 valence electrons. The van der Waals surface area contributed by atoms with E-state index >= 15 is 0 Å². The van der Waals surface area contributed by atoms with Crippen LogP contribution in [0.2, 0.25) is 0 Å². The van der Waals surface area contributed by atoms with Gasteiger partial charge in [-0.05, 0) is 48.5 Å². The molecule has 0 atom stereocenters. The van der Waals surface area contributed by atoms with Crippen LogP contribution >= 0.6 is 0 Å². The van der Waals surface area contributed by atoms with Gasteiger partial charge in [0, 0.05) is 28.3 Å². The van der Waals surface area contributed by atoms with Gasteiger partial charge in [0.25, 0.3) is 5.78 Å². The van der Waals surface area contributed by atoms with E-state index in [4.69, 9.17) is 5.53 Å². The molecule has 0 saturated heterocycles. The largest absolute Gasteiger partial charge is 0.508 e. The van der Waals surface area contributed by atoms with Crippen molar-refractivity contribution in [1.29, 1.82) is 0 Å². The molecule has 0 radical (unpaired) electrons. The number of phenols is 3. The molecular weight excluding hydrogens is 448 g/mol. The highest BCUT2D eigenvalue weighted by Gasteiger charge is 2.35. The quantitative estimate of drug-likeness (QED) is 0.232. The zero-order valence-electron chi connectivity index (χ0n) is 16.6. The molecule has 0 bridgehead atoms. The number of hydrogen-bond donors (Lipinski definition) is 3. The van der Waals surface area contributed by atoms with Gasteiger partial charge in [-0.2, -0.15) is 4.79 Å². The van der Waals surface area contributed by atoms with Crippen molar-refractivity contribution in [3.05, 3.63) is 88.5 Å². The van der Waals surface area contributed by atoms with E-state index in [1.165, 1.54) is 48.5 Å². The first kappa shape index (κ1) is 21.7. The Hall–Kier alpha value is -4.53. The minimum Gasteiger partial charge on any atom is -0.508 e. The zero-order chi connectivity index (χ0) is 23.9. The van der Waals surface area contributed by atoms with Crippen molar-refractivity contribution < 1.29 is 38.1 Å². The molecule has 1 aliphatic rings. The molecule has 33 heavy (non-hydrogen) atoms. The topological polar surface area (TPSA) is 165 Å². The predicted octanol–water partition coefficient (Wildman–Crippen LogP) is 2.75. The molecule has 0 saturated carbocycles. The highest BCUT2D eigenvalue weighted by molar-refractivity contribution is 7.91. The first-order chi connectivity index (χ1) is 15.7. The molecule has 9 nitrogen and oxygen atoms in total. The standard InChI is InChI=1S/C23H14N2O7S/c24-25-17-10-8-14-15(21(17)29)2-1-3-19(14)33(31,32)23-16(9-11-18(27)22(23)30)20(28)12-4-6-13(26)7-5-12/h1-11,26-27,30H. The summed E-state index contributed by atoms with van der Waals surface area (Å²) in [5.41, 5.74) is 8.20. The Balaban J connectivity index is 1.97. The van der Waals surface area contributed by atoms with Gasteiger partial charge in [0.05, 0.1) is 4.90 Å². The molecule has 3 aromatic rings. The highest BCUT2D eigenvalue weighted by Crippen LogP contribution is 2.41. The summed E-state index contributed by atoms with van der Waals surface area (Å²) in [4.78, 5) is 27.2. The van der Waals surface area contributed by atoms with E-state index in [0.29, 0.717) is 0 Å². The van der Waals surface area contributed by atoms with E-state index in [2.05, 4.69) is 4.79 Å². The van der Waals surface area contributed by atoms with Gasteiger partial charge in [-0.25, -0.2) is 8.42 Å². The lowest BCUT2D eigenvalue weighted by molar-refractivity contribution is -0.00436. The van der Waals surface area contributed by atoms with Crippen LogP contribution in [0, 0.1) is 0 Å². The minimum absolute atomic E-state index is 0.0272. The number of hydrogen-bond acceptors (Lipinski definition) is 7. The SMILES string of the molecule is [N-]=[N+]=C1C=Cc2c(cccc2S(=O)(=O)c2c(C(=O)c3ccc(O)cc3)ccc(O)c2O)C1=O. The number of rotatable bonds is 4. The maximum Gasteiger partial charge on any atom is 0.362 e. The molecule has 0 spiro atoms. The minimum atomic E-state index is -4.66. The summed E-state index contributed by atoms with van der Waals surface area (Å²) in [7, 11) is -4.66. The third-order valence-corrected chi connectivity index (χ3v) is 6.99. The molecule has 0 aliphatic heterocycles. The fourth-order valence-electron chi connectivity index (χ4n) is 3.49. The third-order valence-electron chi connectivity index (χ3n) is 5.10. The van der Waals surface area contributed by atoms with E-state index in [1.807, 2.05) is 0 Å². The lowest BCUT2D eigenvalue weighted by atomic mass is 9.95. The van der Waals surface area contributed by atoms with E-state index in [0.717, 1.165) is 18.2 Å². The van der Waals surface area contributed by atoms with Crippen LogP contribution in [-0.4, -0.2) is 45.8 Å². The number of phenolic OH excluding ortho intramolecular Hbond substituents is 3. The fraction of sp³-hybridized carbons (Fsp3) is 0. The average molecular weight is 462 g/mol. The Morgan fingerprint density at radius 2 is 1.61 bits per heavy atom. The van der Waals surface area contributed by atoms with Crippen LogP contribution in [0.1, 0.15) is 31.8 Å². The van der Waals surface area contributed by atoms with Crippen molar-refractivity contribution in [2.45, 2.75) is 9.79 Å². The van der Waals surface area contributed by atoms with E-state index in [9.17, 15) is 33.3 Å². The van der Waals surface area contributed by atoms with Gasteiger partial charge in [-0.3, -0.25) is 9.59 Å². The van der Waals surface area contributed by atoms with Crippen LogP contribution in [-0.2, 0) is 9.84 Å². The van der Waals surface area contributed by atoms with E-state index in [1.54, 1.807) is 0 Å². The molecule has 3 aromatic carbocycles.